The topological polar surface area (TPSA) is 136 Å². The molecule has 0 heterocycles. The first-order chi connectivity index (χ1) is 32.4. The van der Waals surface area contributed by atoms with Crippen LogP contribution in [0.25, 0.3) is 0 Å². The quantitative estimate of drug-likeness (QED) is 0.0793. The Morgan fingerprint density at radius 1 is 0.638 bits per heavy atom. The third-order valence-corrected chi connectivity index (χ3v) is 19.6. The highest BCUT2D eigenvalue weighted by Crippen LogP contribution is 2.65. The van der Waals surface area contributed by atoms with Gasteiger partial charge >= 0.3 is 12.4 Å². The van der Waals surface area contributed by atoms with Crippen LogP contribution in [-0.2, 0) is 18.9 Å². The van der Waals surface area contributed by atoms with Crippen molar-refractivity contribution in [3.63, 3.8) is 0 Å². The Kier molecular flexibility index (Phi) is 17.6. The van der Waals surface area contributed by atoms with E-state index in [1.807, 2.05) is 0 Å². The lowest BCUT2D eigenvalue weighted by molar-refractivity contribution is -0.138. The van der Waals surface area contributed by atoms with Gasteiger partial charge in [0.05, 0.1) is 23.3 Å². The summed E-state index contributed by atoms with van der Waals surface area (Å²) < 4.78 is 74.5. The van der Waals surface area contributed by atoms with Crippen LogP contribution in [0.4, 0.5) is 26.3 Å². The summed E-state index contributed by atoms with van der Waals surface area (Å²) in [6.45, 7) is 20.6. The van der Waals surface area contributed by atoms with Crippen molar-refractivity contribution in [1.29, 1.82) is 0 Å². The van der Waals surface area contributed by atoms with E-state index in [0.29, 0.717) is 54.8 Å². The van der Waals surface area contributed by atoms with Gasteiger partial charge in [-0.05, 0) is 202 Å². The van der Waals surface area contributed by atoms with Gasteiger partial charge in [-0.15, -0.1) is 0 Å². The molecule has 6 saturated carbocycles. The molecule has 386 valence electrons. The van der Waals surface area contributed by atoms with Gasteiger partial charge in [-0.1, -0.05) is 76.3 Å². The molecule has 0 saturated heterocycles. The van der Waals surface area contributed by atoms with E-state index >= 15 is 0 Å². The third-order valence-electron chi connectivity index (χ3n) is 19.6. The van der Waals surface area contributed by atoms with Crippen molar-refractivity contribution in [2.24, 2.45) is 74.7 Å². The van der Waals surface area contributed by atoms with Crippen LogP contribution in [0.15, 0.2) is 72.8 Å². The molecule has 13 heteroatoms. The molecule has 8 rings (SSSR count). The summed E-state index contributed by atoms with van der Waals surface area (Å²) >= 11 is 0. The van der Waals surface area contributed by atoms with Crippen molar-refractivity contribution in [2.45, 2.75) is 149 Å². The Morgan fingerprint density at radius 3 is 1.46 bits per heavy atom. The van der Waals surface area contributed by atoms with Crippen LogP contribution in [0, 0.1) is 69.0 Å². The second-order valence-electron chi connectivity index (χ2n) is 22.9. The summed E-state index contributed by atoms with van der Waals surface area (Å²) in [4.78, 5) is 10.1. The number of aliphatic hydroxyl groups is 4. The molecule has 69 heavy (non-hydrogen) atoms. The number of carbonyl (C=O) groups is 1. The van der Waals surface area contributed by atoms with E-state index in [4.69, 9.17) is 5.73 Å². The van der Waals surface area contributed by atoms with Gasteiger partial charge in [0.15, 0.2) is 0 Å². The molecule has 0 radical (unpaired) electrons. The molecule has 0 amide bonds. The van der Waals surface area contributed by atoms with Crippen molar-refractivity contribution in [1.82, 2.24) is 5.32 Å². The van der Waals surface area contributed by atoms with E-state index in [9.17, 15) is 51.6 Å². The Morgan fingerprint density at radius 2 is 1.06 bits per heavy atom. The van der Waals surface area contributed by atoms with Crippen LogP contribution in [0.3, 0.4) is 0 Å². The number of rotatable bonds is 10. The molecule has 0 aromatic heterocycles. The average molecular weight is 975 g/mol. The molecule has 7 N–H and O–H groups in total. The number of benzene rings is 2. The zero-order valence-corrected chi connectivity index (χ0v) is 41.4. The lowest BCUT2D eigenvalue weighted by atomic mass is 9.49. The van der Waals surface area contributed by atoms with Gasteiger partial charge in [-0.25, -0.2) is 0 Å². The minimum Gasteiger partial charge on any atom is -0.396 e. The summed E-state index contributed by atoms with van der Waals surface area (Å²) in [7, 11) is 0. The first kappa shape index (κ1) is 55.2. The molecule has 7 nitrogen and oxygen atoms in total. The Bertz CT molecular complexity index is 2040. The normalized spacial score (nSPS) is 38.0. The molecular weight excluding hydrogens is 895 g/mol. The highest BCUT2D eigenvalue weighted by molar-refractivity contribution is 5.74. The van der Waals surface area contributed by atoms with Crippen LogP contribution in [0.1, 0.15) is 145 Å². The Hall–Kier alpha value is -3.07. The van der Waals surface area contributed by atoms with Gasteiger partial charge < -0.3 is 31.5 Å². The smallest absolute Gasteiger partial charge is 0.396 e. The lowest BCUT2D eigenvalue weighted by Crippen LogP contribution is -2.53. The number of aldehydes is 1. The molecule has 6 aliphatic rings. The van der Waals surface area contributed by atoms with E-state index in [0.717, 1.165) is 119 Å². The summed E-state index contributed by atoms with van der Waals surface area (Å²) in [5.41, 5.74) is 9.30. The largest absolute Gasteiger partial charge is 0.416 e. The molecule has 2 aromatic carbocycles. The number of aliphatic hydroxyl groups excluding tert-OH is 4. The number of nitrogens with two attached hydrogens (primary N) is 1. The van der Waals surface area contributed by atoms with E-state index in [1.54, 1.807) is 12.1 Å². The van der Waals surface area contributed by atoms with Crippen LogP contribution in [-0.4, -0.2) is 65.2 Å². The van der Waals surface area contributed by atoms with E-state index in [1.165, 1.54) is 30.4 Å². The fourth-order valence-electron chi connectivity index (χ4n) is 14.9. The number of hydrogen-bond donors (Lipinski definition) is 6. The highest BCUT2D eigenvalue weighted by Gasteiger charge is 2.58. The first-order valence-corrected chi connectivity index (χ1v) is 25.5. The lowest BCUT2D eigenvalue weighted by Gasteiger charge is -2.56. The van der Waals surface area contributed by atoms with Gasteiger partial charge in [0.2, 0.25) is 0 Å². The predicted molar refractivity (Wildman–Crippen MR) is 258 cm³/mol. The maximum absolute atomic E-state index is 12.9. The number of alkyl halides is 6. The van der Waals surface area contributed by atoms with Gasteiger partial charge in [0, 0.05) is 25.3 Å². The summed E-state index contributed by atoms with van der Waals surface area (Å²) in [5.74, 6) is 3.40. The number of nitrogens with one attached hydrogen (secondary N) is 1. The van der Waals surface area contributed by atoms with Gasteiger partial charge in [0.1, 0.15) is 6.29 Å². The highest BCUT2D eigenvalue weighted by atomic mass is 19.4. The molecule has 0 bridgehead atoms. The summed E-state index contributed by atoms with van der Waals surface area (Å²) in [5, 5.41) is 44.1. The van der Waals surface area contributed by atoms with Crippen molar-refractivity contribution < 1.29 is 51.6 Å². The maximum atomic E-state index is 12.9. The van der Waals surface area contributed by atoms with Crippen LogP contribution in [0.5, 0.6) is 0 Å². The molecule has 0 spiro atoms. The van der Waals surface area contributed by atoms with Crippen LogP contribution in [0.2, 0.25) is 0 Å². The zero-order chi connectivity index (χ0) is 50.7. The standard InChI is InChI=1S/C28H40F3NO2.C20H35NO2.C8H5F3O/c1-18-4-9-24-23(16-32-15-19-5-7-20(8-6-19)28(29,30)31)25(11-13-26(18,24)2)27(3)12-10-22(34)14-21(27)17-33;1-13-4-5-17-16(11-21)18(7-9-19(13,17)2)20(3)8-6-15(23)10-14(20)12-22;9-8(10,11)7-3-1-6(5-12)2-4-7/h5-8,21-25,32-34H,1,4,9-17H2,2-3H3;14-18,22-23H,1,4-12,21H2,2-3H3;1-5H/t21-,22+,23+,24+,25+,26-,27+;14-,15+,16+,17+,18+,19-,20+;/m11./s1. The summed E-state index contributed by atoms with van der Waals surface area (Å²) in [6.07, 6.45) is 5.46. The Balaban J connectivity index is 0.000000191. The monoisotopic (exact) mass is 975 g/mol. The van der Waals surface area contributed by atoms with Crippen LogP contribution < -0.4 is 11.1 Å². The van der Waals surface area contributed by atoms with E-state index in [-0.39, 0.29) is 64.5 Å². The van der Waals surface area contributed by atoms with Crippen molar-refractivity contribution in [3.05, 3.63) is 95.1 Å². The molecule has 0 unspecified atom stereocenters. The van der Waals surface area contributed by atoms with E-state index in [2.05, 4.69) is 46.2 Å². The van der Waals surface area contributed by atoms with Gasteiger partial charge in [-0.2, -0.15) is 26.3 Å². The summed E-state index contributed by atoms with van der Waals surface area (Å²) in [6, 6.07) is 9.44. The average Bonchev–Trinajstić information content (AvgIpc) is 3.80. The van der Waals surface area contributed by atoms with Crippen molar-refractivity contribution in [3.8, 4) is 0 Å². The van der Waals surface area contributed by atoms with Crippen molar-refractivity contribution in [2.75, 3.05) is 26.3 Å². The van der Waals surface area contributed by atoms with E-state index < -0.39 is 23.5 Å². The van der Waals surface area contributed by atoms with Gasteiger partial charge in [0.25, 0.3) is 0 Å². The minimum atomic E-state index is -4.33. The number of hydrogen-bond acceptors (Lipinski definition) is 7. The second kappa shape index (κ2) is 22.0. The number of halogens is 6. The molecular formula is C56H80F6N2O5. The molecule has 14 atom stereocenters. The SMILES string of the molecule is C=C1CC[C@H]2[C@H](CN)[C@@H]([C@@]3(C)CC[C@H](O)C[C@@H]3CO)CC[C@]12C.C=C1CC[C@H]2[C@H](CNCc3ccc(C(F)(F)F)cc3)[C@@H]([C@@]3(C)CC[C@H](O)C[C@@H]3CO)CC[C@]12C.O=Cc1ccc(C(F)(F)F)cc1. The fourth-order valence-corrected chi connectivity index (χ4v) is 14.9. The fraction of sp³-hybridized carbons (Fsp3) is 0.696. The zero-order valence-electron chi connectivity index (χ0n) is 41.4. The number of allylic oxidation sites excluding steroid dienone is 2. The molecule has 0 aliphatic heterocycles. The third kappa shape index (κ3) is 11.6. The number of fused-ring (bicyclic) bond motifs is 2. The molecule has 6 fully saturated rings. The molecule has 6 aliphatic carbocycles. The van der Waals surface area contributed by atoms with Crippen LogP contribution >= 0.6 is 0 Å². The molecule has 2 aromatic rings. The Labute approximate surface area is 406 Å². The first-order valence-electron chi connectivity index (χ1n) is 25.5. The predicted octanol–water partition coefficient (Wildman–Crippen LogP) is 11.6. The maximum Gasteiger partial charge on any atom is 0.416 e. The van der Waals surface area contributed by atoms with Gasteiger partial charge in [-0.3, -0.25) is 4.79 Å². The number of carbonyl (C=O) groups excluding carboxylic acids is 1. The second-order valence-corrected chi connectivity index (χ2v) is 22.9. The van der Waals surface area contributed by atoms with Crippen molar-refractivity contribution >= 4 is 6.29 Å². The minimum absolute atomic E-state index is 0.0278.